The molecular formula is C6H10N6O2S. The first-order chi connectivity index (χ1) is 7.13. The second kappa shape index (κ2) is 5.29. The molecule has 0 unspecified atom stereocenters. The minimum atomic E-state index is -0.865. The summed E-state index contributed by atoms with van der Waals surface area (Å²) in [5.74, 6) is -0.429. The van der Waals surface area contributed by atoms with Crippen LogP contribution in [-0.4, -0.2) is 37.9 Å². The van der Waals surface area contributed by atoms with Crippen LogP contribution in [0.1, 0.15) is 6.92 Å². The Bertz CT molecular complexity index is 364. The lowest BCUT2D eigenvalue weighted by Gasteiger charge is -2.00. The van der Waals surface area contributed by atoms with E-state index in [2.05, 4.69) is 15.5 Å². The van der Waals surface area contributed by atoms with Crippen LogP contribution in [0, 0.1) is 0 Å². The molecule has 8 nitrogen and oxygen atoms in total. The normalized spacial score (nSPS) is 9.93. The van der Waals surface area contributed by atoms with Gasteiger partial charge in [0.05, 0.1) is 5.75 Å². The van der Waals surface area contributed by atoms with Gasteiger partial charge in [-0.25, -0.2) is 9.48 Å². The highest BCUT2D eigenvalue weighted by Crippen LogP contribution is 2.12. The van der Waals surface area contributed by atoms with Crippen molar-refractivity contribution in [3.05, 3.63) is 0 Å². The number of hydrogen-bond donors (Lipinski definition) is 2. The molecule has 0 radical (unpaired) electrons. The second-order valence-electron chi connectivity index (χ2n) is 2.48. The number of nitrogens with zero attached hydrogens (tertiary/aromatic N) is 4. The number of nitrogens with two attached hydrogens (primary N) is 1. The number of imide groups is 1. The zero-order valence-corrected chi connectivity index (χ0v) is 8.82. The number of urea groups is 1. The Morgan fingerprint density at radius 3 is 2.93 bits per heavy atom. The maximum absolute atomic E-state index is 11.0. The summed E-state index contributed by atoms with van der Waals surface area (Å²) in [6.07, 6.45) is 0. The minimum absolute atomic E-state index is 0.0450. The van der Waals surface area contributed by atoms with Gasteiger partial charge in [-0.1, -0.05) is 11.8 Å². The molecule has 1 aromatic rings. The molecular weight excluding hydrogens is 220 g/mol. The van der Waals surface area contributed by atoms with Crippen LogP contribution in [0.15, 0.2) is 5.16 Å². The summed E-state index contributed by atoms with van der Waals surface area (Å²) in [7, 11) is 0. The Hall–Kier alpha value is -1.64. The molecule has 1 rings (SSSR count). The van der Waals surface area contributed by atoms with Gasteiger partial charge in [0.15, 0.2) is 0 Å². The molecule has 15 heavy (non-hydrogen) atoms. The number of primary amides is 1. The Balaban J connectivity index is 2.43. The van der Waals surface area contributed by atoms with Gasteiger partial charge in [-0.05, 0) is 17.4 Å². The molecule has 1 heterocycles. The van der Waals surface area contributed by atoms with Gasteiger partial charge < -0.3 is 5.73 Å². The third-order valence-corrected chi connectivity index (χ3v) is 2.35. The standard InChI is InChI=1S/C6H10N6O2S/c1-2-12-6(9-10-11-12)15-3-4(13)8-5(7)14/h2-3H2,1H3,(H3,7,8,13,14). The molecule has 0 aliphatic heterocycles. The molecule has 0 aromatic carbocycles. The van der Waals surface area contributed by atoms with E-state index in [0.29, 0.717) is 11.7 Å². The van der Waals surface area contributed by atoms with Crippen molar-refractivity contribution in [2.75, 3.05) is 5.75 Å². The van der Waals surface area contributed by atoms with Crippen molar-refractivity contribution in [2.24, 2.45) is 5.73 Å². The summed E-state index contributed by atoms with van der Waals surface area (Å²) in [4.78, 5) is 21.4. The highest BCUT2D eigenvalue weighted by Gasteiger charge is 2.09. The molecule has 0 fully saturated rings. The molecule has 0 saturated carbocycles. The van der Waals surface area contributed by atoms with Gasteiger partial charge in [0, 0.05) is 6.54 Å². The summed E-state index contributed by atoms with van der Waals surface area (Å²) < 4.78 is 1.54. The molecule has 0 aliphatic carbocycles. The Kier molecular flexibility index (Phi) is 4.03. The van der Waals surface area contributed by atoms with Gasteiger partial charge in [0.25, 0.3) is 0 Å². The number of carbonyl (C=O) groups is 2. The fourth-order valence-electron chi connectivity index (χ4n) is 0.802. The van der Waals surface area contributed by atoms with Crippen molar-refractivity contribution in [2.45, 2.75) is 18.6 Å². The van der Waals surface area contributed by atoms with Crippen molar-refractivity contribution >= 4 is 23.7 Å². The SMILES string of the molecule is CCn1nnnc1SCC(=O)NC(N)=O. The van der Waals surface area contributed by atoms with Crippen LogP contribution >= 0.6 is 11.8 Å². The Morgan fingerprint density at radius 2 is 2.33 bits per heavy atom. The lowest BCUT2D eigenvalue weighted by atomic mass is 10.7. The molecule has 0 saturated heterocycles. The van der Waals surface area contributed by atoms with Crippen LogP contribution in [0.3, 0.4) is 0 Å². The van der Waals surface area contributed by atoms with Crippen molar-refractivity contribution in [1.29, 1.82) is 0 Å². The molecule has 0 aliphatic rings. The van der Waals surface area contributed by atoms with Gasteiger partial charge in [-0.15, -0.1) is 5.10 Å². The first-order valence-electron chi connectivity index (χ1n) is 4.11. The van der Waals surface area contributed by atoms with E-state index in [9.17, 15) is 9.59 Å². The van der Waals surface area contributed by atoms with E-state index < -0.39 is 11.9 Å². The second-order valence-corrected chi connectivity index (χ2v) is 3.42. The number of amides is 3. The van der Waals surface area contributed by atoms with Gasteiger partial charge >= 0.3 is 6.03 Å². The molecule has 3 N–H and O–H groups in total. The maximum atomic E-state index is 11.0. The largest absolute Gasteiger partial charge is 0.351 e. The lowest BCUT2D eigenvalue weighted by molar-refractivity contribution is -0.117. The summed E-state index contributed by atoms with van der Waals surface area (Å²) in [6, 6.07) is -0.865. The summed E-state index contributed by atoms with van der Waals surface area (Å²) in [6.45, 7) is 2.50. The van der Waals surface area contributed by atoms with Gasteiger partial charge in [0.1, 0.15) is 0 Å². The topological polar surface area (TPSA) is 116 Å². The van der Waals surface area contributed by atoms with Crippen LogP contribution < -0.4 is 11.1 Å². The first-order valence-corrected chi connectivity index (χ1v) is 5.10. The number of thioether (sulfide) groups is 1. The van der Waals surface area contributed by atoms with Crippen molar-refractivity contribution in [3.8, 4) is 0 Å². The number of nitrogens with one attached hydrogen (secondary N) is 1. The van der Waals surface area contributed by atoms with Crippen molar-refractivity contribution in [1.82, 2.24) is 25.5 Å². The monoisotopic (exact) mass is 230 g/mol. The van der Waals surface area contributed by atoms with E-state index >= 15 is 0 Å². The number of carbonyl (C=O) groups excluding carboxylic acids is 2. The third kappa shape index (κ3) is 3.54. The van der Waals surface area contributed by atoms with Crippen molar-refractivity contribution < 1.29 is 9.59 Å². The highest BCUT2D eigenvalue weighted by atomic mass is 32.2. The van der Waals surface area contributed by atoms with E-state index in [0.717, 1.165) is 11.8 Å². The van der Waals surface area contributed by atoms with Crippen LogP contribution in [0.5, 0.6) is 0 Å². The minimum Gasteiger partial charge on any atom is -0.351 e. The first kappa shape index (κ1) is 11.4. The lowest BCUT2D eigenvalue weighted by Crippen LogP contribution is -2.36. The third-order valence-electron chi connectivity index (χ3n) is 1.39. The smallest absolute Gasteiger partial charge is 0.318 e. The summed E-state index contributed by atoms with van der Waals surface area (Å²) in [5, 5.41) is 13.3. The Labute approximate surface area is 89.6 Å². The highest BCUT2D eigenvalue weighted by molar-refractivity contribution is 7.99. The van der Waals surface area contributed by atoms with Gasteiger partial charge in [-0.3, -0.25) is 10.1 Å². The van der Waals surface area contributed by atoms with Crippen LogP contribution in [0.4, 0.5) is 4.79 Å². The predicted molar refractivity (Wildman–Crippen MR) is 51.9 cm³/mol. The predicted octanol–water partition coefficient (Wildman–Crippen LogP) is -1.02. The quantitative estimate of drug-likeness (QED) is 0.639. The molecule has 82 valence electrons. The van der Waals surface area contributed by atoms with Crippen LogP contribution in [-0.2, 0) is 11.3 Å². The maximum Gasteiger partial charge on any atom is 0.318 e. The molecule has 9 heteroatoms. The van der Waals surface area contributed by atoms with E-state index in [1.54, 1.807) is 4.68 Å². The number of aromatic nitrogens is 4. The zero-order valence-electron chi connectivity index (χ0n) is 8.01. The van der Waals surface area contributed by atoms with Gasteiger partial charge in [-0.2, -0.15) is 0 Å². The van der Waals surface area contributed by atoms with E-state index in [1.165, 1.54) is 0 Å². The average molecular weight is 230 g/mol. The van der Waals surface area contributed by atoms with Gasteiger partial charge in [0.2, 0.25) is 11.1 Å². The number of tetrazole rings is 1. The fraction of sp³-hybridized carbons (Fsp3) is 0.500. The number of aryl methyl sites for hydroxylation is 1. The zero-order chi connectivity index (χ0) is 11.3. The number of hydrogen-bond acceptors (Lipinski definition) is 6. The van der Waals surface area contributed by atoms with E-state index in [4.69, 9.17) is 5.73 Å². The van der Waals surface area contributed by atoms with E-state index in [-0.39, 0.29) is 5.75 Å². The average Bonchev–Trinajstić information content (AvgIpc) is 2.60. The van der Waals surface area contributed by atoms with Crippen LogP contribution in [0.25, 0.3) is 0 Å². The molecule has 0 atom stereocenters. The Morgan fingerprint density at radius 1 is 1.60 bits per heavy atom. The van der Waals surface area contributed by atoms with Crippen molar-refractivity contribution in [3.63, 3.8) is 0 Å². The summed E-state index contributed by atoms with van der Waals surface area (Å²) in [5.41, 5.74) is 4.77. The molecule has 0 bridgehead atoms. The summed E-state index contributed by atoms with van der Waals surface area (Å²) >= 11 is 1.14. The molecule has 1 aromatic heterocycles. The molecule has 3 amide bonds. The number of rotatable bonds is 4. The fourth-order valence-corrected chi connectivity index (χ4v) is 1.54. The van der Waals surface area contributed by atoms with Crippen LogP contribution in [0.2, 0.25) is 0 Å². The van der Waals surface area contributed by atoms with E-state index in [1.807, 2.05) is 12.2 Å². The molecule has 0 spiro atoms.